The Labute approximate surface area is 150 Å². The fraction of sp³-hybridized carbons (Fsp3) is 0. The molecule has 0 radical (unpaired) electrons. The predicted molar refractivity (Wildman–Crippen MR) is 103 cm³/mol. The summed E-state index contributed by atoms with van der Waals surface area (Å²) >= 11 is 0. The van der Waals surface area contributed by atoms with E-state index in [1.54, 1.807) is 6.21 Å². The van der Waals surface area contributed by atoms with E-state index in [4.69, 9.17) is 0 Å². The molecule has 2 N–H and O–H groups in total. The lowest BCUT2D eigenvalue weighted by Gasteiger charge is -2.10. The average Bonchev–Trinajstić information content (AvgIpc) is 2.68. The van der Waals surface area contributed by atoms with Crippen LogP contribution in [-0.2, 0) is 0 Å². The van der Waals surface area contributed by atoms with Crippen molar-refractivity contribution in [2.45, 2.75) is 0 Å². The van der Waals surface area contributed by atoms with Crippen LogP contribution >= 0.6 is 0 Å². The molecule has 26 heavy (non-hydrogen) atoms. The summed E-state index contributed by atoms with van der Waals surface area (Å²) in [5.41, 5.74) is 2.15. The first-order chi connectivity index (χ1) is 12.8. The lowest BCUT2D eigenvalue weighted by atomic mass is 10.1. The Morgan fingerprint density at radius 2 is 1.62 bits per heavy atom. The van der Waals surface area contributed by atoms with Crippen molar-refractivity contribution >= 4 is 23.8 Å². The zero-order valence-corrected chi connectivity index (χ0v) is 13.8. The Balaban J connectivity index is 1.91. The highest BCUT2D eigenvalue weighted by Gasteiger charge is 2.11. The summed E-state index contributed by atoms with van der Waals surface area (Å²) < 4.78 is 0. The van der Waals surface area contributed by atoms with Gasteiger partial charge >= 0.3 is 0 Å². The van der Waals surface area contributed by atoms with E-state index in [-0.39, 0.29) is 5.56 Å². The molecular weight excluding hydrogens is 326 g/mol. The lowest BCUT2D eigenvalue weighted by molar-refractivity contribution is 1.20. The molecule has 126 valence electrons. The number of anilines is 2. The van der Waals surface area contributed by atoms with Crippen LogP contribution in [0.3, 0.4) is 0 Å². The second-order valence-electron chi connectivity index (χ2n) is 5.33. The third kappa shape index (κ3) is 4.10. The summed E-state index contributed by atoms with van der Waals surface area (Å²) in [6, 6.07) is 20.8. The van der Waals surface area contributed by atoms with Gasteiger partial charge in [-0.1, -0.05) is 48.5 Å². The van der Waals surface area contributed by atoms with E-state index < -0.39 is 5.56 Å². The molecule has 0 saturated heterocycles. The predicted octanol–water partition coefficient (Wildman–Crippen LogP) is 3.44. The van der Waals surface area contributed by atoms with Gasteiger partial charge in [-0.05, 0) is 17.7 Å². The normalized spacial score (nSPS) is 10.9. The van der Waals surface area contributed by atoms with Gasteiger partial charge in [-0.2, -0.15) is 15.5 Å². The molecule has 0 aliphatic heterocycles. The largest absolute Gasteiger partial charge is 0.354 e. The van der Waals surface area contributed by atoms with Crippen LogP contribution in [0.25, 0.3) is 0 Å². The summed E-state index contributed by atoms with van der Waals surface area (Å²) in [6.45, 7) is 0. The molecule has 0 fully saturated rings. The van der Waals surface area contributed by atoms with Gasteiger partial charge in [0.05, 0.1) is 18.1 Å². The van der Waals surface area contributed by atoms with Crippen molar-refractivity contribution in [1.82, 2.24) is 4.98 Å². The molecule has 0 unspecified atom stereocenters. The highest BCUT2D eigenvalue weighted by atomic mass is 16.1. The van der Waals surface area contributed by atoms with E-state index in [1.807, 2.05) is 66.7 Å². The molecule has 6 nitrogen and oxygen atoms in total. The maximum atomic E-state index is 11.9. The van der Waals surface area contributed by atoms with Gasteiger partial charge in [-0.15, -0.1) is 0 Å². The van der Waals surface area contributed by atoms with Gasteiger partial charge in [0.2, 0.25) is 0 Å². The van der Waals surface area contributed by atoms with E-state index in [0.717, 1.165) is 11.3 Å². The third-order valence-corrected chi connectivity index (χ3v) is 3.55. The molecule has 0 spiro atoms. The van der Waals surface area contributed by atoms with Crippen LogP contribution in [0, 0.1) is 11.3 Å². The second-order valence-corrected chi connectivity index (χ2v) is 5.33. The van der Waals surface area contributed by atoms with Crippen LogP contribution in [-0.4, -0.2) is 17.4 Å². The van der Waals surface area contributed by atoms with Crippen LogP contribution in [0.4, 0.5) is 11.4 Å². The van der Waals surface area contributed by atoms with Crippen LogP contribution in [0.15, 0.2) is 81.9 Å². The fourth-order valence-corrected chi connectivity index (χ4v) is 2.29. The first-order valence-electron chi connectivity index (χ1n) is 7.87. The standard InChI is InChI=1S/C20H15N5O/c21-11-18-19(25-17-9-5-2-6-10-17)16(13-22-20(18)26)14-24-23-12-15-7-3-1-4-8-15/h1-10,12-14H,(H2,22,25,26)/b23-12?,24-14+. The quantitative estimate of drug-likeness (QED) is 0.550. The van der Waals surface area contributed by atoms with Gasteiger partial charge in [0.1, 0.15) is 11.6 Å². The monoisotopic (exact) mass is 341 g/mol. The number of pyridine rings is 1. The number of hydrogen-bond donors (Lipinski definition) is 2. The molecule has 0 aliphatic rings. The number of H-pyrrole nitrogens is 1. The van der Waals surface area contributed by atoms with Crippen LogP contribution in [0.2, 0.25) is 0 Å². The van der Waals surface area contributed by atoms with E-state index >= 15 is 0 Å². The Hall–Kier alpha value is -3.98. The van der Waals surface area contributed by atoms with Crippen LogP contribution in [0.5, 0.6) is 0 Å². The lowest BCUT2D eigenvalue weighted by Crippen LogP contribution is -2.14. The molecule has 1 heterocycles. The molecule has 0 amide bonds. The molecule has 0 aliphatic carbocycles. The summed E-state index contributed by atoms with van der Waals surface area (Å²) in [4.78, 5) is 14.5. The maximum Gasteiger partial charge on any atom is 0.268 e. The molecule has 3 aromatic rings. The smallest absolute Gasteiger partial charge is 0.268 e. The Morgan fingerprint density at radius 3 is 2.31 bits per heavy atom. The molecule has 6 heteroatoms. The highest BCUT2D eigenvalue weighted by molar-refractivity contribution is 5.91. The van der Waals surface area contributed by atoms with Crippen molar-refractivity contribution in [2.24, 2.45) is 10.2 Å². The maximum absolute atomic E-state index is 11.9. The van der Waals surface area contributed by atoms with E-state index in [0.29, 0.717) is 11.3 Å². The number of nitrogens with one attached hydrogen (secondary N) is 2. The SMILES string of the molecule is N#Cc1c(Nc2ccccc2)c(/C=N/N=Cc2ccccc2)c[nH]c1=O. The molecule has 0 atom stereocenters. The highest BCUT2D eigenvalue weighted by Crippen LogP contribution is 2.21. The average molecular weight is 341 g/mol. The topological polar surface area (TPSA) is 93.4 Å². The van der Waals surface area contributed by atoms with Gasteiger partial charge in [0.15, 0.2) is 0 Å². The van der Waals surface area contributed by atoms with Gasteiger partial charge in [-0.25, -0.2) is 0 Å². The van der Waals surface area contributed by atoms with E-state index in [1.165, 1.54) is 12.4 Å². The van der Waals surface area contributed by atoms with Crippen molar-refractivity contribution in [2.75, 3.05) is 5.32 Å². The van der Waals surface area contributed by atoms with E-state index in [9.17, 15) is 10.1 Å². The van der Waals surface area contributed by atoms with Crippen LogP contribution in [0.1, 0.15) is 16.7 Å². The minimum atomic E-state index is -0.462. The molecular formula is C20H15N5O. The third-order valence-electron chi connectivity index (χ3n) is 3.55. The van der Waals surface area contributed by atoms with Crippen molar-refractivity contribution in [3.63, 3.8) is 0 Å². The summed E-state index contributed by atoms with van der Waals surface area (Å²) in [5.74, 6) is 0. The summed E-state index contributed by atoms with van der Waals surface area (Å²) in [7, 11) is 0. The number of aromatic amines is 1. The van der Waals surface area contributed by atoms with E-state index in [2.05, 4.69) is 20.5 Å². The van der Waals surface area contributed by atoms with Gasteiger partial charge in [0.25, 0.3) is 5.56 Å². The number of aromatic nitrogens is 1. The van der Waals surface area contributed by atoms with Gasteiger partial charge < -0.3 is 10.3 Å². The zero-order valence-electron chi connectivity index (χ0n) is 13.8. The van der Waals surface area contributed by atoms with Crippen LogP contribution < -0.4 is 10.9 Å². The number of nitrogens with zero attached hydrogens (tertiary/aromatic N) is 3. The molecule has 1 aromatic heterocycles. The molecule has 0 bridgehead atoms. The van der Waals surface area contributed by atoms with Gasteiger partial charge in [0, 0.05) is 17.4 Å². The number of para-hydroxylation sites is 1. The molecule has 3 rings (SSSR count). The Morgan fingerprint density at radius 1 is 0.962 bits per heavy atom. The van der Waals surface area contributed by atoms with Crippen molar-refractivity contribution in [1.29, 1.82) is 5.26 Å². The van der Waals surface area contributed by atoms with Crippen molar-refractivity contribution in [3.8, 4) is 6.07 Å². The minimum absolute atomic E-state index is 0.00941. The second kappa shape index (κ2) is 8.22. The number of benzene rings is 2. The summed E-state index contributed by atoms with van der Waals surface area (Å²) in [5, 5.41) is 20.5. The molecule has 2 aromatic carbocycles. The fourth-order valence-electron chi connectivity index (χ4n) is 2.29. The van der Waals surface area contributed by atoms with Crippen molar-refractivity contribution in [3.05, 3.63) is 93.9 Å². The summed E-state index contributed by atoms with van der Waals surface area (Å²) in [6.07, 6.45) is 4.61. The van der Waals surface area contributed by atoms with Gasteiger partial charge in [-0.3, -0.25) is 4.79 Å². The van der Waals surface area contributed by atoms with Crippen molar-refractivity contribution < 1.29 is 0 Å². The number of rotatable bonds is 5. The first kappa shape index (κ1) is 16.9. The first-order valence-corrected chi connectivity index (χ1v) is 7.87. The Kier molecular flexibility index (Phi) is 5.33. The Bertz CT molecular complexity index is 1030. The minimum Gasteiger partial charge on any atom is -0.354 e. The zero-order chi connectivity index (χ0) is 18.2. The molecule has 0 saturated carbocycles. The number of nitriles is 1. The number of hydrogen-bond acceptors (Lipinski definition) is 5.